The van der Waals surface area contributed by atoms with Crippen LogP contribution in [0.25, 0.3) is 0 Å². The Hall–Kier alpha value is -2.20. The topological polar surface area (TPSA) is 135 Å². The molecule has 10 bridgehead atoms. The lowest BCUT2D eigenvalue weighted by Gasteiger charge is -2.59. The van der Waals surface area contributed by atoms with Crippen LogP contribution in [-0.4, -0.2) is 70.2 Å². The van der Waals surface area contributed by atoms with Gasteiger partial charge in [-0.2, -0.15) is 0 Å². The van der Waals surface area contributed by atoms with E-state index in [1.165, 1.54) is 38.5 Å². The number of esters is 4. The summed E-state index contributed by atoms with van der Waals surface area (Å²) in [5.74, 6) is 3.48. The van der Waals surface area contributed by atoms with E-state index in [1.807, 2.05) is 41.5 Å². The first-order chi connectivity index (χ1) is 25.4. The summed E-state index contributed by atoms with van der Waals surface area (Å²) in [4.78, 5) is 47.7. The SMILES string of the molecule is C.C.C.C.C.C.CCC(C)(C)C(=O)OC1(C)C2CC3CC(C2)CC1C3.CCC(C)C(=O)OC12CC3CC(CC(O)(C3)C1)C2.CCC(C)C(=O)OC1C2CC3C(=O)OC1C3O2. The van der Waals surface area contributed by atoms with Gasteiger partial charge in [0.25, 0.3) is 0 Å². The van der Waals surface area contributed by atoms with Crippen LogP contribution in [0.1, 0.15) is 196 Å². The number of aliphatic hydroxyl groups is 1. The van der Waals surface area contributed by atoms with E-state index in [9.17, 15) is 24.3 Å². The third-order valence-electron chi connectivity index (χ3n) is 15.9. The Bertz CT molecular complexity index is 1410. The zero-order valence-corrected chi connectivity index (χ0v) is 34.2. The van der Waals surface area contributed by atoms with Crippen molar-refractivity contribution in [3.8, 4) is 0 Å². The van der Waals surface area contributed by atoms with E-state index < -0.39 is 11.7 Å². The van der Waals surface area contributed by atoms with E-state index in [0.717, 1.165) is 56.8 Å². The standard InChI is InChI=1S/C17H28O2.C15H24O3.C12H16O5.6CH4/c1-5-16(2,3)15(18)19-17(4)13-7-11-6-12(9-13)10-14(17)8-11;1-3-10(2)13(16)18-15-7-11-4-12(8-15)6-14(17,5-11)9-15;1-3-5(2)11(13)16-9-7-4-6-8(15-7)10(9)17-12(6)14;;;;;;/h11-14H,5-10H2,1-4H3;10-12,17H,3-9H2,1-2H3;5-10H,3-4H2,1-2H3;6*1H4. The molecule has 8 aliphatic carbocycles. The fourth-order valence-electron chi connectivity index (χ4n) is 12.3. The first kappa shape index (κ1) is 55.8. The first-order valence-corrected chi connectivity index (χ1v) is 21.7. The molecule has 0 aromatic rings. The highest BCUT2D eigenvalue weighted by atomic mass is 16.7. The molecule has 0 amide bonds. The number of rotatable bonds is 9. The van der Waals surface area contributed by atoms with E-state index >= 15 is 0 Å². The van der Waals surface area contributed by atoms with Gasteiger partial charge in [0.15, 0.2) is 12.2 Å². The minimum atomic E-state index is -0.542. The average Bonchev–Trinajstić information content (AvgIpc) is 3.74. The lowest BCUT2D eigenvalue weighted by atomic mass is 9.50. The number of carbonyl (C=O) groups excluding carboxylic acids is 4. The van der Waals surface area contributed by atoms with E-state index in [2.05, 4.69) is 13.8 Å². The van der Waals surface area contributed by atoms with Gasteiger partial charge in [0.1, 0.15) is 17.3 Å². The van der Waals surface area contributed by atoms with E-state index in [-0.39, 0.29) is 121 Å². The molecule has 3 saturated heterocycles. The van der Waals surface area contributed by atoms with Crippen molar-refractivity contribution in [3.05, 3.63) is 0 Å². The summed E-state index contributed by atoms with van der Waals surface area (Å²) in [7, 11) is 0. The van der Waals surface area contributed by atoms with Gasteiger partial charge in [0.2, 0.25) is 0 Å². The Morgan fingerprint density at radius 3 is 1.72 bits per heavy atom. The van der Waals surface area contributed by atoms with Gasteiger partial charge < -0.3 is 28.8 Å². The van der Waals surface area contributed by atoms with Gasteiger partial charge in [0, 0.05) is 6.42 Å². The third kappa shape index (κ3) is 10.4. The molecule has 0 radical (unpaired) electrons. The van der Waals surface area contributed by atoms with Crippen LogP contribution in [0.3, 0.4) is 0 Å². The highest BCUT2D eigenvalue weighted by molar-refractivity contribution is 5.78. The highest BCUT2D eigenvalue weighted by Gasteiger charge is 2.65. The molecule has 60 heavy (non-hydrogen) atoms. The van der Waals surface area contributed by atoms with Crippen molar-refractivity contribution in [3.63, 3.8) is 0 Å². The number of hydrogen-bond acceptors (Lipinski definition) is 10. The average molecular weight is 853 g/mol. The molecule has 9 unspecified atom stereocenters. The van der Waals surface area contributed by atoms with Crippen LogP contribution in [0.4, 0.5) is 0 Å². The predicted octanol–water partition coefficient (Wildman–Crippen LogP) is 11.3. The van der Waals surface area contributed by atoms with Crippen molar-refractivity contribution in [2.45, 2.75) is 237 Å². The van der Waals surface area contributed by atoms with Gasteiger partial charge >= 0.3 is 23.9 Å². The van der Waals surface area contributed by atoms with Crippen molar-refractivity contribution in [1.82, 2.24) is 0 Å². The molecule has 3 aliphatic heterocycles. The Morgan fingerprint density at radius 1 is 0.733 bits per heavy atom. The second-order valence-corrected chi connectivity index (χ2v) is 20.3. The molecule has 11 rings (SSSR count). The Balaban J connectivity index is 0.000000429. The second kappa shape index (κ2) is 20.5. The molecule has 1 N–H and O–H groups in total. The molecule has 0 aromatic heterocycles. The van der Waals surface area contributed by atoms with Crippen LogP contribution in [0.15, 0.2) is 0 Å². The minimum absolute atomic E-state index is 0. The van der Waals surface area contributed by atoms with Gasteiger partial charge in [0.05, 0.1) is 34.9 Å². The largest absolute Gasteiger partial charge is 0.459 e. The van der Waals surface area contributed by atoms with Crippen LogP contribution in [0.5, 0.6) is 0 Å². The smallest absolute Gasteiger partial charge is 0.312 e. The maximum Gasteiger partial charge on any atom is 0.312 e. The Morgan fingerprint density at radius 2 is 1.23 bits per heavy atom. The van der Waals surface area contributed by atoms with Gasteiger partial charge in [-0.1, -0.05) is 79.2 Å². The molecular weight excluding hydrogens is 761 g/mol. The third-order valence-corrected chi connectivity index (χ3v) is 15.9. The van der Waals surface area contributed by atoms with E-state index in [4.69, 9.17) is 23.7 Å². The van der Waals surface area contributed by atoms with Gasteiger partial charge in [-0.15, -0.1) is 0 Å². The normalized spacial score (nSPS) is 40.5. The highest BCUT2D eigenvalue weighted by Crippen LogP contribution is 2.61. The van der Waals surface area contributed by atoms with Crippen molar-refractivity contribution < 1.29 is 48.0 Å². The molecule has 9 atom stereocenters. The summed E-state index contributed by atoms with van der Waals surface area (Å²) in [5.41, 5.74) is -1.38. The predicted molar refractivity (Wildman–Crippen MR) is 240 cm³/mol. The Labute approximate surface area is 367 Å². The van der Waals surface area contributed by atoms with Crippen LogP contribution >= 0.6 is 0 Å². The number of ether oxygens (including phenoxy) is 5. The van der Waals surface area contributed by atoms with E-state index in [1.54, 1.807) is 0 Å². The summed E-state index contributed by atoms with van der Waals surface area (Å²) in [6.07, 6.45) is 14.2. The number of hydrogen-bond donors (Lipinski definition) is 1. The fraction of sp³-hybridized carbons (Fsp3) is 0.920. The van der Waals surface area contributed by atoms with Crippen molar-refractivity contribution in [2.75, 3.05) is 0 Å². The molecular formula is C50H92O10. The molecule has 10 heteroatoms. The molecule has 11 aliphatic rings. The molecule has 11 fully saturated rings. The zero-order chi connectivity index (χ0) is 39.0. The van der Waals surface area contributed by atoms with Crippen LogP contribution in [-0.2, 0) is 42.9 Å². The summed E-state index contributed by atoms with van der Waals surface area (Å²) < 4.78 is 28.3. The van der Waals surface area contributed by atoms with Crippen molar-refractivity contribution >= 4 is 23.9 Å². The summed E-state index contributed by atoms with van der Waals surface area (Å²) in [5, 5.41) is 10.6. The van der Waals surface area contributed by atoms with Crippen LogP contribution < -0.4 is 0 Å². The first-order valence-electron chi connectivity index (χ1n) is 21.7. The zero-order valence-electron chi connectivity index (χ0n) is 34.2. The fourth-order valence-corrected chi connectivity index (χ4v) is 12.3. The maximum absolute atomic E-state index is 12.5. The molecule has 0 aromatic carbocycles. The molecule has 8 saturated carbocycles. The van der Waals surface area contributed by atoms with Crippen LogP contribution in [0, 0.1) is 58.7 Å². The maximum atomic E-state index is 12.5. The summed E-state index contributed by atoms with van der Waals surface area (Å²) in [6.45, 7) is 16.0. The molecule has 0 spiro atoms. The summed E-state index contributed by atoms with van der Waals surface area (Å²) >= 11 is 0. The van der Waals surface area contributed by atoms with Crippen molar-refractivity contribution in [1.29, 1.82) is 0 Å². The molecule has 352 valence electrons. The van der Waals surface area contributed by atoms with Gasteiger partial charge in [-0.3, -0.25) is 19.2 Å². The van der Waals surface area contributed by atoms with Crippen molar-refractivity contribution in [2.24, 2.45) is 58.7 Å². The minimum Gasteiger partial charge on any atom is -0.459 e. The number of fused-ring (bicyclic) bond motifs is 1. The number of carbonyl (C=O) groups is 4. The van der Waals surface area contributed by atoms with Gasteiger partial charge in [-0.05, 0) is 146 Å². The van der Waals surface area contributed by atoms with Gasteiger partial charge in [-0.25, -0.2) is 0 Å². The van der Waals surface area contributed by atoms with E-state index in [0.29, 0.717) is 36.5 Å². The monoisotopic (exact) mass is 853 g/mol. The van der Waals surface area contributed by atoms with Crippen LogP contribution in [0.2, 0.25) is 0 Å². The second-order valence-electron chi connectivity index (χ2n) is 20.3. The summed E-state index contributed by atoms with van der Waals surface area (Å²) in [6, 6.07) is 0. The lowest BCUT2D eigenvalue weighted by molar-refractivity contribution is -0.222. The molecule has 3 heterocycles. The lowest BCUT2D eigenvalue weighted by Crippen LogP contribution is -2.60. The molecule has 10 nitrogen and oxygen atoms in total. The quantitative estimate of drug-likeness (QED) is 0.176. The Kier molecular flexibility index (Phi) is 19.1.